The van der Waals surface area contributed by atoms with Crippen LogP contribution in [0.2, 0.25) is 0 Å². The fraction of sp³-hybridized carbons (Fsp3) is 0.588. The summed E-state index contributed by atoms with van der Waals surface area (Å²) in [6.07, 6.45) is 3.37. The molecule has 3 unspecified atom stereocenters. The Labute approximate surface area is 125 Å². The van der Waals surface area contributed by atoms with Crippen LogP contribution < -0.4 is 0 Å². The highest BCUT2D eigenvalue weighted by Crippen LogP contribution is 2.48. The normalized spacial score (nSPS) is 31.6. The molecule has 3 nitrogen and oxygen atoms in total. The van der Waals surface area contributed by atoms with E-state index in [1.165, 1.54) is 13.0 Å². The largest absolute Gasteiger partial charge is 0.389 e. The predicted molar refractivity (Wildman–Crippen MR) is 81.6 cm³/mol. The molecule has 118 valence electrons. The van der Waals surface area contributed by atoms with E-state index >= 15 is 0 Å². The average Bonchev–Trinajstić information content (AvgIpc) is 2.33. The number of hydrogen-bond donors (Lipinski definition) is 2. The van der Waals surface area contributed by atoms with E-state index in [0.29, 0.717) is 17.4 Å². The Morgan fingerprint density at radius 2 is 2.05 bits per heavy atom. The lowest BCUT2D eigenvalue weighted by Gasteiger charge is -2.48. The highest BCUT2D eigenvalue weighted by atomic mass is 19.1. The first-order valence-electron chi connectivity index (χ1n) is 7.13. The number of aldehydes is 1. The van der Waals surface area contributed by atoms with Crippen molar-refractivity contribution in [3.8, 4) is 0 Å². The van der Waals surface area contributed by atoms with Crippen LogP contribution in [0.4, 0.5) is 4.39 Å². The van der Waals surface area contributed by atoms with Gasteiger partial charge in [-0.2, -0.15) is 0 Å². The van der Waals surface area contributed by atoms with Crippen LogP contribution >= 0.6 is 0 Å². The van der Waals surface area contributed by atoms with Crippen molar-refractivity contribution in [3.05, 3.63) is 34.9 Å². The molecule has 0 bridgehead atoms. The molecule has 3 atom stereocenters. The SMILES string of the molecule is CC1=C(C(C)F)C(O)CC(C)(C)C1(O)/C=C/C(C)=C\C=O. The van der Waals surface area contributed by atoms with E-state index < -0.39 is 23.3 Å². The Hall–Kier alpha value is -1.26. The lowest BCUT2D eigenvalue weighted by atomic mass is 9.61. The Balaban J connectivity index is 3.39. The minimum absolute atomic E-state index is 0.249. The number of carbonyl (C=O) groups is 1. The van der Waals surface area contributed by atoms with Gasteiger partial charge in [-0.25, -0.2) is 4.39 Å². The van der Waals surface area contributed by atoms with E-state index in [0.717, 1.165) is 0 Å². The monoisotopic (exact) mass is 296 g/mol. The third-order valence-corrected chi connectivity index (χ3v) is 4.45. The number of aliphatic hydroxyl groups is 2. The van der Waals surface area contributed by atoms with E-state index in [-0.39, 0.29) is 12.0 Å². The summed E-state index contributed by atoms with van der Waals surface area (Å²) in [5.74, 6) is 0. The maximum absolute atomic E-state index is 13.8. The van der Waals surface area contributed by atoms with Gasteiger partial charge in [0.25, 0.3) is 0 Å². The van der Waals surface area contributed by atoms with Crippen LogP contribution in [0, 0.1) is 5.41 Å². The first-order valence-corrected chi connectivity index (χ1v) is 7.13. The zero-order valence-electron chi connectivity index (χ0n) is 13.4. The molecule has 21 heavy (non-hydrogen) atoms. The fourth-order valence-corrected chi connectivity index (χ4v) is 3.06. The number of carbonyl (C=O) groups excluding carboxylic acids is 1. The summed E-state index contributed by atoms with van der Waals surface area (Å²) in [5, 5.41) is 21.2. The maximum Gasteiger partial charge on any atom is 0.143 e. The number of rotatable bonds is 4. The number of aliphatic hydroxyl groups excluding tert-OH is 1. The van der Waals surface area contributed by atoms with Crippen molar-refractivity contribution in [3.63, 3.8) is 0 Å². The molecule has 4 heteroatoms. The summed E-state index contributed by atoms with van der Waals surface area (Å²) in [6.45, 7) is 8.43. The lowest BCUT2D eigenvalue weighted by molar-refractivity contribution is -0.104. The van der Waals surface area contributed by atoms with Gasteiger partial charge in [0, 0.05) is 5.41 Å². The molecule has 0 amide bonds. The lowest BCUT2D eigenvalue weighted by Crippen LogP contribution is -2.51. The van der Waals surface area contributed by atoms with Crippen LogP contribution in [-0.2, 0) is 4.79 Å². The summed E-state index contributed by atoms with van der Waals surface area (Å²) < 4.78 is 13.8. The molecule has 0 aromatic heterocycles. The Kier molecular flexibility index (Phi) is 5.29. The van der Waals surface area contributed by atoms with E-state index in [9.17, 15) is 19.4 Å². The first-order chi connectivity index (χ1) is 9.56. The second kappa shape index (κ2) is 6.24. The van der Waals surface area contributed by atoms with E-state index in [4.69, 9.17) is 0 Å². The van der Waals surface area contributed by atoms with Gasteiger partial charge in [-0.05, 0) is 56.1 Å². The highest BCUT2D eigenvalue weighted by molar-refractivity contribution is 5.67. The van der Waals surface area contributed by atoms with Gasteiger partial charge in [-0.3, -0.25) is 4.79 Å². The molecule has 0 fully saturated rings. The second-order valence-electron chi connectivity index (χ2n) is 6.45. The molecule has 0 radical (unpaired) electrons. The van der Waals surface area contributed by atoms with Crippen molar-refractivity contribution in [1.29, 1.82) is 0 Å². The van der Waals surface area contributed by atoms with Gasteiger partial charge in [0.15, 0.2) is 0 Å². The molecule has 0 saturated heterocycles. The van der Waals surface area contributed by atoms with Crippen LogP contribution in [0.25, 0.3) is 0 Å². The van der Waals surface area contributed by atoms with Gasteiger partial charge in [-0.1, -0.05) is 19.9 Å². The Bertz CT molecular complexity index is 500. The number of hydrogen-bond acceptors (Lipinski definition) is 3. The van der Waals surface area contributed by atoms with E-state index in [2.05, 4.69) is 0 Å². The van der Waals surface area contributed by atoms with Crippen molar-refractivity contribution >= 4 is 6.29 Å². The van der Waals surface area contributed by atoms with E-state index in [1.807, 2.05) is 13.8 Å². The minimum Gasteiger partial charge on any atom is -0.389 e. The molecule has 0 aromatic carbocycles. The topological polar surface area (TPSA) is 57.5 Å². The van der Waals surface area contributed by atoms with E-state index in [1.54, 1.807) is 26.0 Å². The molecule has 0 saturated carbocycles. The summed E-state index contributed by atoms with van der Waals surface area (Å²) in [7, 11) is 0. The molecular formula is C17H25FO3. The summed E-state index contributed by atoms with van der Waals surface area (Å²) >= 11 is 0. The third kappa shape index (κ3) is 3.33. The zero-order chi connectivity index (χ0) is 16.4. The van der Waals surface area contributed by atoms with Crippen LogP contribution in [0.1, 0.15) is 41.0 Å². The van der Waals surface area contributed by atoms with Crippen molar-refractivity contribution in [2.45, 2.75) is 58.9 Å². The fourth-order valence-electron chi connectivity index (χ4n) is 3.06. The molecular weight excluding hydrogens is 271 g/mol. The highest BCUT2D eigenvalue weighted by Gasteiger charge is 2.50. The molecule has 0 spiro atoms. The van der Waals surface area contributed by atoms with Gasteiger partial charge in [0.2, 0.25) is 0 Å². The van der Waals surface area contributed by atoms with Gasteiger partial charge < -0.3 is 10.2 Å². The molecule has 2 N–H and O–H groups in total. The zero-order valence-corrected chi connectivity index (χ0v) is 13.4. The number of halogens is 1. The van der Waals surface area contributed by atoms with Gasteiger partial charge in [0.1, 0.15) is 18.1 Å². The molecule has 1 aliphatic rings. The summed E-state index contributed by atoms with van der Waals surface area (Å²) in [5.41, 5.74) is -0.620. The third-order valence-electron chi connectivity index (χ3n) is 4.45. The van der Waals surface area contributed by atoms with Crippen molar-refractivity contribution in [2.24, 2.45) is 5.41 Å². The van der Waals surface area contributed by atoms with Gasteiger partial charge in [0.05, 0.1) is 6.10 Å². The maximum atomic E-state index is 13.8. The Morgan fingerprint density at radius 1 is 1.48 bits per heavy atom. The Morgan fingerprint density at radius 3 is 2.52 bits per heavy atom. The molecule has 0 heterocycles. The van der Waals surface area contributed by atoms with Crippen molar-refractivity contribution < 1.29 is 19.4 Å². The summed E-state index contributed by atoms with van der Waals surface area (Å²) in [6, 6.07) is 0. The average molecular weight is 296 g/mol. The smallest absolute Gasteiger partial charge is 0.143 e. The minimum atomic E-state index is -1.36. The second-order valence-corrected chi connectivity index (χ2v) is 6.45. The van der Waals surface area contributed by atoms with Crippen molar-refractivity contribution in [1.82, 2.24) is 0 Å². The molecule has 1 rings (SSSR count). The number of alkyl halides is 1. The molecule has 1 aliphatic carbocycles. The van der Waals surface area contributed by atoms with Crippen molar-refractivity contribution in [2.75, 3.05) is 0 Å². The van der Waals surface area contributed by atoms with Crippen LogP contribution in [0.15, 0.2) is 34.9 Å². The number of allylic oxidation sites excluding steroid dienone is 3. The van der Waals surface area contributed by atoms with Gasteiger partial charge in [-0.15, -0.1) is 0 Å². The van der Waals surface area contributed by atoms with Crippen LogP contribution in [-0.4, -0.2) is 34.4 Å². The van der Waals surface area contributed by atoms with Crippen LogP contribution in [0.5, 0.6) is 0 Å². The standard InChI is InChI=1S/C17H25FO3/c1-11(7-9-19)6-8-17(21)12(2)15(13(3)18)14(20)10-16(17,4)5/h6-9,13-14,20-21H,10H2,1-5H3/b8-6+,11-7-. The first kappa shape index (κ1) is 17.8. The van der Waals surface area contributed by atoms with Crippen LogP contribution in [0.3, 0.4) is 0 Å². The predicted octanol–water partition coefficient (Wildman–Crippen LogP) is 2.88. The molecule has 0 aliphatic heterocycles. The summed E-state index contributed by atoms with van der Waals surface area (Å²) in [4.78, 5) is 10.5. The quantitative estimate of drug-likeness (QED) is 0.363. The molecule has 0 aromatic rings. The van der Waals surface area contributed by atoms with Gasteiger partial charge >= 0.3 is 0 Å².